The maximum atomic E-state index is 12.5. The molecule has 0 heterocycles. The van der Waals surface area contributed by atoms with Crippen LogP contribution in [0.1, 0.15) is 34.6 Å². The Morgan fingerprint density at radius 3 is 1.92 bits per heavy atom. The van der Waals surface area contributed by atoms with Gasteiger partial charge in [0.2, 0.25) is 0 Å². The summed E-state index contributed by atoms with van der Waals surface area (Å²) in [4.78, 5) is 37.6. The zero-order chi connectivity index (χ0) is 19.1. The first-order valence-electron chi connectivity index (χ1n) is 8.16. The van der Waals surface area contributed by atoms with E-state index in [9.17, 15) is 14.4 Å². The van der Waals surface area contributed by atoms with Crippen molar-refractivity contribution in [2.45, 2.75) is 19.9 Å². The molecule has 2 aromatic rings. The Bertz CT molecular complexity index is 769. The molecular weight excluding hydrogens is 334 g/mol. The van der Waals surface area contributed by atoms with Crippen LogP contribution in [-0.4, -0.2) is 37.6 Å². The molecule has 6 heteroatoms. The third-order valence-electron chi connectivity index (χ3n) is 3.69. The van der Waals surface area contributed by atoms with Gasteiger partial charge in [-0.15, -0.1) is 0 Å². The second-order valence-electron chi connectivity index (χ2n) is 5.84. The van der Waals surface area contributed by atoms with E-state index in [0.29, 0.717) is 5.56 Å². The second kappa shape index (κ2) is 8.80. The van der Waals surface area contributed by atoms with Gasteiger partial charge in [-0.05, 0) is 50.2 Å². The molecule has 0 N–H and O–H groups in total. The van der Waals surface area contributed by atoms with Crippen LogP contribution in [0.2, 0.25) is 0 Å². The van der Waals surface area contributed by atoms with Crippen LogP contribution in [0.5, 0.6) is 0 Å². The monoisotopic (exact) mass is 355 g/mol. The lowest BCUT2D eigenvalue weighted by Crippen LogP contribution is -2.39. The summed E-state index contributed by atoms with van der Waals surface area (Å²) >= 11 is 0. The predicted octanol–water partition coefficient (Wildman–Crippen LogP) is 3.07. The van der Waals surface area contributed by atoms with Crippen molar-refractivity contribution in [2.24, 2.45) is 0 Å². The van der Waals surface area contributed by atoms with Gasteiger partial charge in [-0.2, -0.15) is 0 Å². The van der Waals surface area contributed by atoms with E-state index in [1.54, 1.807) is 4.90 Å². The standard InChI is InChI=1S/C20H21NO5/c1-14(2)21(17-7-5-4-6-8-17)18(22)13-26-20(24)16-11-9-15(10-12-16)19(23)25-3/h4-12,14H,13H2,1-3H3. The number of carbonyl (C=O) groups excluding carboxylic acids is 3. The number of anilines is 1. The van der Waals surface area contributed by atoms with Crippen molar-refractivity contribution in [2.75, 3.05) is 18.6 Å². The molecule has 0 unspecified atom stereocenters. The highest BCUT2D eigenvalue weighted by molar-refractivity contribution is 5.98. The van der Waals surface area contributed by atoms with Crippen LogP contribution in [-0.2, 0) is 14.3 Å². The number of ether oxygens (including phenoxy) is 2. The van der Waals surface area contributed by atoms with Crippen LogP contribution in [0.4, 0.5) is 5.69 Å². The molecule has 136 valence electrons. The lowest BCUT2D eigenvalue weighted by atomic mass is 10.1. The van der Waals surface area contributed by atoms with Gasteiger partial charge in [-0.3, -0.25) is 4.79 Å². The normalized spacial score (nSPS) is 10.3. The maximum Gasteiger partial charge on any atom is 0.338 e. The van der Waals surface area contributed by atoms with Crippen LogP contribution in [0.15, 0.2) is 54.6 Å². The molecule has 26 heavy (non-hydrogen) atoms. The number of para-hydroxylation sites is 1. The number of carbonyl (C=O) groups is 3. The second-order valence-corrected chi connectivity index (χ2v) is 5.84. The Morgan fingerprint density at radius 2 is 1.42 bits per heavy atom. The van der Waals surface area contributed by atoms with E-state index in [1.165, 1.54) is 31.4 Å². The van der Waals surface area contributed by atoms with Crippen LogP contribution in [0, 0.1) is 0 Å². The first-order valence-corrected chi connectivity index (χ1v) is 8.16. The maximum absolute atomic E-state index is 12.5. The quantitative estimate of drug-likeness (QED) is 0.745. The summed E-state index contributed by atoms with van der Waals surface area (Å²) in [5.41, 5.74) is 1.32. The van der Waals surface area contributed by atoms with Crippen molar-refractivity contribution in [3.8, 4) is 0 Å². The number of nitrogens with zero attached hydrogens (tertiary/aromatic N) is 1. The average Bonchev–Trinajstić information content (AvgIpc) is 2.66. The van der Waals surface area contributed by atoms with Gasteiger partial charge in [0.25, 0.3) is 5.91 Å². The smallest absolute Gasteiger partial charge is 0.338 e. The predicted molar refractivity (Wildman–Crippen MR) is 97.1 cm³/mol. The fourth-order valence-corrected chi connectivity index (χ4v) is 2.46. The van der Waals surface area contributed by atoms with Crippen molar-refractivity contribution in [3.05, 3.63) is 65.7 Å². The summed E-state index contributed by atoms with van der Waals surface area (Å²) in [5, 5.41) is 0. The molecule has 0 spiro atoms. The van der Waals surface area contributed by atoms with Crippen LogP contribution < -0.4 is 4.90 Å². The Labute approximate surface area is 152 Å². The summed E-state index contributed by atoms with van der Waals surface area (Å²) in [6.07, 6.45) is 0. The van der Waals surface area contributed by atoms with Crippen molar-refractivity contribution in [1.29, 1.82) is 0 Å². The topological polar surface area (TPSA) is 72.9 Å². The zero-order valence-corrected chi connectivity index (χ0v) is 15.0. The number of hydrogen-bond acceptors (Lipinski definition) is 5. The summed E-state index contributed by atoms with van der Waals surface area (Å²) in [6, 6.07) is 15.0. The summed E-state index contributed by atoms with van der Waals surface area (Å²) < 4.78 is 9.72. The molecule has 2 rings (SSSR count). The van der Waals surface area contributed by atoms with Gasteiger partial charge in [0.05, 0.1) is 18.2 Å². The largest absolute Gasteiger partial charge is 0.465 e. The van der Waals surface area contributed by atoms with Crippen LogP contribution in [0.25, 0.3) is 0 Å². The molecular formula is C20H21NO5. The van der Waals surface area contributed by atoms with Gasteiger partial charge in [0.1, 0.15) is 0 Å². The van der Waals surface area contributed by atoms with Gasteiger partial charge in [-0.25, -0.2) is 9.59 Å². The highest BCUT2D eigenvalue weighted by Gasteiger charge is 2.20. The molecule has 6 nitrogen and oxygen atoms in total. The molecule has 0 fully saturated rings. The van der Waals surface area contributed by atoms with Crippen molar-refractivity contribution in [3.63, 3.8) is 0 Å². The van der Waals surface area contributed by atoms with E-state index in [2.05, 4.69) is 4.74 Å². The van der Waals surface area contributed by atoms with Gasteiger partial charge in [0, 0.05) is 11.7 Å². The van der Waals surface area contributed by atoms with Gasteiger partial charge >= 0.3 is 11.9 Å². The summed E-state index contributed by atoms with van der Waals surface area (Å²) in [5.74, 6) is -1.44. The number of esters is 2. The summed E-state index contributed by atoms with van der Waals surface area (Å²) in [6.45, 7) is 3.40. The molecule has 0 aliphatic carbocycles. The molecule has 0 atom stereocenters. The van der Waals surface area contributed by atoms with Crippen molar-refractivity contribution in [1.82, 2.24) is 0 Å². The van der Waals surface area contributed by atoms with E-state index in [0.717, 1.165) is 5.69 Å². The van der Waals surface area contributed by atoms with Gasteiger partial charge < -0.3 is 14.4 Å². The molecule has 0 aliphatic heterocycles. The highest BCUT2D eigenvalue weighted by Crippen LogP contribution is 2.17. The minimum Gasteiger partial charge on any atom is -0.465 e. The molecule has 0 saturated heterocycles. The first-order chi connectivity index (χ1) is 12.4. The number of rotatable bonds is 6. The molecule has 1 amide bonds. The molecule has 0 aliphatic rings. The van der Waals surface area contributed by atoms with E-state index in [4.69, 9.17) is 4.74 Å². The van der Waals surface area contributed by atoms with Crippen molar-refractivity contribution >= 4 is 23.5 Å². The Hall–Kier alpha value is -3.15. The minimum atomic E-state index is -0.633. The zero-order valence-electron chi connectivity index (χ0n) is 15.0. The lowest BCUT2D eigenvalue weighted by molar-refractivity contribution is -0.122. The first kappa shape index (κ1) is 19.2. The van der Waals surface area contributed by atoms with Gasteiger partial charge in [0.15, 0.2) is 6.61 Å². The third kappa shape index (κ3) is 4.69. The van der Waals surface area contributed by atoms with Gasteiger partial charge in [-0.1, -0.05) is 18.2 Å². The Balaban J connectivity index is 2.01. The lowest BCUT2D eigenvalue weighted by Gasteiger charge is -2.26. The van der Waals surface area contributed by atoms with E-state index >= 15 is 0 Å². The number of methoxy groups -OCH3 is 1. The minimum absolute atomic E-state index is 0.0806. The van der Waals surface area contributed by atoms with E-state index in [1.807, 2.05) is 44.2 Å². The summed E-state index contributed by atoms with van der Waals surface area (Å²) in [7, 11) is 1.28. The fourth-order valence-electron chi connectivity index (χ4n) is 2.46. The molecule has 0 saturated carbocycles. The Kier molecular flexibility index (Phi) is 6.49. The third-order valence-corrected chi connectivity index (χ3v) is 3.69. The number of benzene rings is 2. The van der Waals surface area contributed by atoms with E-state index < -0.39 is 11.9 Å². The molecule has 0 radical (unpaired) electrons. The fraction of sp³-hybridized carbons (Fsp3) is 0.250. The Morgan fingerprint density at radius 1 is 0.885 bits per heavy atom. The number of hydrogen-bond donors (Lipinski definition) is 0. The van der Waals surface area contributed by atoms with E-state index in [-0.39, 0.29) is 24.1 Å². The molecule has 0 aromatic heterocycles. The molecule has 2 aromatic carbocycles. The highest BCUT2D eigenvalue weighted by atomic mass is 16.5. The van der Waals surface area contributed by atoms with Crippen LogP contribution in [0.3, 0.4) is 0 Å². The molecule has 0 bridgehead atoms. The number of amides is 1. The average molecular weight is 355 g/mol. The SMILES string of the molecule is COC(=O)c1ccc(C(=O)OCC(=O)N(c2ccccc2)C(C)C)cc1. The van der Waals surface area contributed by atoms with Crippen molar-refractivity contribution < 1.29 is 23.9 Å². The van der Waals surface area contributed by atoms with Crippen LogP contribution >= 0.6 is 0 Å².